The van der Waals surface area contributed by atoms with Crippen molar-refractivity contribution in [3.8, 4) is 0 Å². The Labute approximate surface area is 147 Å². The predicted molar refractivity (Wildman–Crippen MR) is 99.8 cm³/mol. The van der Waals surface area contributed by atoms with Crippen molar-refractivity contribution in [3.05, 3.63) is 59.7 Å². The van der Waals surface area contributed by atoms with Gasteiger partial charge in [-0.25, -0.2) is 0 Å². The van der Waals surface area contributed by atoms with Crippen molar-refractivity contribution in [1.82, 2.24) is 5.32 Å². The van der Waals surface area contributed by atoms with Gasteiger partial charge in [-0.05, 0) is 62.7 Å². The van der Waals surface area contributed by atoms with E-state index in [1.807, 2.05) is 43.3 Å². The van der Waals surface area contributed by atoms with Gasteiger partial charge in [0.25, 0.3) is 5.91 Å². The topological polar surface area (TPSA) is 70.2 Å². The van der Waals surface area contributed by atoms with Crippen LogP contribution >= 0.6 is 0 Å². The first kappa shape index (κ1) is 17.2. The molecule has 0 spiro atoms. The van der Waals surface area contributed by atoms with Crippen LogP contribution in [0.15, 0.2) is 48.5 Å². The lowest BCUT2D eigenvalue weighted by Crippen LogP contribution is -2.34. The summed E-state index contributed by atoms with van der Waals surface area (Å²) in [5.41, 5.74) is 2.98. The van der Waals surface area contributed by atoms with Crippen LogP contribution in [0.3, 0.4) is 0 Å². The maximum Gasteiger partial charge on any atom is 0.255 e. The summed E-state index contributed by atoms with van der Waals surface area (Å²) in [4.78, 5) is 24.7. The molecular weight excluding hydrogens is 314 g/mol. The molecule has 0 saturated carbocycles. The van der Waals surface area contributed by atoms with Crippen LogP contribution in [0.25, 0.3) is 0 Å². The number of amides is 2. The van der Waals surface area contributed by atoms with Crippen molar-refractivity contribution < 1.29 is 9.59 Å². The van der Waals surface area contributed by atoms with Crippen molar-refractivity contribution in [1.29, 1.82) is 0 Å². The molecule has 2 aromatic rings. The molecule has 0 bridgehead atoms. The van der Waals surface area contributed by atoms with Gasteiger partial charge in [0, 0.05) is 22.9 Å². The molecular formula is C20H23N3O2. The Balaban J connectivity index is 1.69. The van der Waals surface area contributed by atoms with Crippen molar-refractivity contribution in [3.63, 3.8) is 0 Å². The van der Waals surface area contributed by atoms with Gasteiger partial charge in [-0.3, -0.25) is 9.59 Å². The molecule has 0 radical (unpaired) electrons. The molecule has 1 saturated heterocycles. The van der Waals surface area contributed by atoms with Crippen molar-refractivity contribution >= 4 is 23.2 Å². The highest BCUT2D eigenvalue weighted by Gasteiger charge is 2.21. The summed E-state index contributed by atoms with van der Waals surface area (Å²) in [7, 11) is 0. The fourth-order valence-electron chi connectivity index (χ4n) is 2.95. The first-order valence-electron chi connectivity index (χ1n) is 8.62. The Morgan fingerprint density at radius 1 is 1.00 bits per heavy atom. The average molecular weight is 337 g/mol. The minimum Gasteiger partial charge on any atom is -0.326 e. The zero-order valence-electron chi connectivity index (χ0n) is 14.3. The van der Waals surface area contributed by atoms with Crippen LogP contribution in [-0.4, -0.2) is 24.9 Å². The lowest BCUT2D eigenvalue weighted by atomic mass is 9.97. The van der Waals surface area contributed by atoms with Gasteiger partial charge in [0.1, 0.15) is 0 Å². The number of hydrogen-bond acceptors (Lipinski definition) is 3. The fourth-order valence-corrected chi connectivity index (χ4v) is 2.95. The molecule has 1 heterocycles. The van der Waals surface area contributed by atoms with Crippen LogP contribution in [0.5, 0.6) is 0 Å². The minimum absolute atomic E-state index is 0.0446. The smallest absolute Gasteiger partial charge is 0.255 e. The Bertz CT molecular complexity index is 753. The summed E-state index contributed by atoms with van der Waals surface area (Å²) in [6, 6.07) is 14.6. The molecule has 5 nitrogen and oxygen atoms in total. The van der Waals surface area contributed by atoms with Crippen LogP contribution in [-0.2, 0) is 4.79 Å². The number of hydrogen-bond donors (Lipinski definition) is 3. The standard InChI is InChI=1S/C20H23N3O2/c1-14-7-8-17(22-19(24)15-5-3-2-4-6-15)13-18(14)23-20(25)16-9-11-21-12-10-16/h2-8,13,16,21H,9-12H2,1H3,(H,22,24)(H,23,25). The van der Waals surface area contributed by atoms with Crippen LogP contribution in [0, 0.1) is 12.8 Å². The molecule has 2 aromatic carbocycles. The lowest BCUT2D eigenvalue weighted by molar-refractivity contribution is -0.120. The first-order valence-corrected chi connectivity index (χ1v) is 8.62. The predicted octanol–water partition coefficient (Wildman–Crippen LogP) is 3.19. The van der Waals surface area contributed by atoms with E-state index in [9.17, 15) is 9.59 Å². The molecule has 3 rings (SSSR count). The monoisotopic (exact) mass is 337 g/mol. The first-order chi connectivity index (χ1) is 12.1. The van der Waals surface area contributed by atoms with Gasteiger partial charge in [-0.1, -0.05) is 24.3 Å². The van der Waals surface area contributed by atoms with E-state index in [2.05, 4.69) is 16.0 Å². The molecule has 2 amide bonds. The maximum atomic E-state index is 12.4. The number of anilines is 2. The Kier molecular flexibility index (Phi) is 5.46. The summed E-state index contributed by atoms with van der Waals surface area (Å²) in [6.45, 7) is 3.70. The quantitative estimate of drug-likeness (QED) is 0.802. The van der Waals surface area contributed by atoms with Gasteiger partial charge in [0.15, 0.2) is 0 Å². The third-order valence-electron chi connectivity index (χ3n) is 4.50. The van der Waals surface area contributed by atoms with Gasteiger partial charge in [0.05, 0.1) is 0 Å². The van der Waals surface area contributed by atoms with Gasteiger partial charge in [-0.15, -0.1) is 0 Å². The van der Waals surface area contributed by atoms with Crippen LogP contribution in [0.2, 0.25) is 0 Å². The molecule has 1 aliphatic heterocycles. The third kappa shape index (κ3) is 4.45. The average Bonchev–Trinajstić information content (AvgIpc) is 2.66. The number of benzene rings is 2. The van der Waals surface area contributed by atoms with Gasteiger partial charge in [0.2, 0.25) is 5.91 Å². The van der Waals surface area contributed by atoms with E-state index in [-0.39, 0.29) is 17.7 Å². The van der Waals surface area contributed by atoms with Crippen LogP contribution < -0.4 is 16.0 Å². The van der Waals surface area contributed by atoms with E-state index >= 15 is 0 Å². The molecule has 1 aliphatic rings. The molecule has 0 aliphatic carbocycles. The number of nitrogens with one attached hydrogen (secondary N) is 3. The fraction of sp³-hybridized carbons (Fsp3) is 0.300. The third-order valence-corrected chi connectivity index (χ3v) is 4.50. The van der Waals surface area contributed by atoms with Crippen LogP contribution in [0.4, 0.5) is 11.4 Å². The summed E-state index contributed by atoms with van der Waals surface area (Å²) in [5, 5.41) is 9.16. The van der Waals surface area contributed by atoms with Crippen LogP contribution in [0.1, 0.15) is 28.8 Å². The number of rotatable bonds is 4. The SMILES string of the molecule is Cc1ccc(NC(=O)c2ccccc2)cc1NC(=O)C1CCNCC1. The minimum atomic E-state index is -0.167. The van der Waals surface area contributed by atoms with Gasteiger partial charge in [-0.2, -0.15) is 0 Å². The molecule has 130 valence electrons. The Morgan fingerprint density at radius 3 is 2.44 bits per heavy atom. The molecule has 0 aromatic heterocycles. The van der Waals surface area contributed by atoms with E-state index in [0.717, 1.165) is 37.2 Å². The highest BCUT2D eigenvalue weighted by atomic mass is 16.2. The molecule has 25 heavy (non-hydrogen) atoms. The number of carbonyl (C=O) groups excluding carboxylic acids is 2. The molecule has 5 heteroatoms. The second kappa shape index (κ2) is 7.94. The van der Waals surface area contributed by atoms with Crippen molar-refractivity contribution in [2.45, 2.75) is 19.8 Å². The summed E-state index contributed by atoms with van der Waals surface area (Å²) >= 11 is 0. The van der Waals surface area contributed by atoms with E-state index in [0.29, 0.717) is 11.3 Å². The normalized spacial score (nSPS) is 14.8. The van der Waals surface area contributed by atoms with Gasteiger partial charge < -0.3 is 16.0 Å². The highest BCUT2D eigenvalue weighted by Crippen LogP contribution is 2.23. The zero-order valence-corrected chi connectivity index (χ0v) is 14.3. The zero-order chi connectivity index (χ0) is 17.6. The molecule has 0 atom stereocenters. The second-order valence-electron chi connectivity index (χ2n) is 6.36. The van der Waals surface area contributed by atoms with E-state index in [1.54, 1.807) is 12.1 Å². The van der Waals surface area contributed by atoms with E-state index < -0.39 is 0 Å². The number of piperidine rings is 1. The number of aryl methyl sites for hydroxylation is 1. The number of carbonyl (C=O) groups is 2. The van der Waals surface area contributed by atoms with Crippen molar-refractivity contribution in [2.24, 2.45) is 5.92 Å². The summed E-state index contributed by atoms with van der Waals surface area (Å²) in [6.07, 6.45) is 1.71. The molecule has 0 unspecified atom stereocenters. The largest absolute Gasteiger partial charge is 0.326 e. The second-order valence-corrected chi connectivity index (χ2v) is 6.36. The highest BCUT2D eigenvalue weighted by molar-refractivity contribution is 6.04. The summed E-state index contributed by atoms with van der Waals surface area (Å²) < 4.78 is 0. The molecule has 1 fully saturated rings. The van der Waals surface area contributed by atoms with Gasteiger partial charge >= 0.3 is 0 Å². The molecule has 3 N–H and O–H groups in total. The summed E-state index contributed by atoms with van der Waals surface area (Å²) in [5.74, 6) is -0.0700. The Hall–Kier alpha value is -2.66. The lowest BCUT2D eigenvalue weighted by Gasteiger charge is -2.22. The Morgan fingerprint density at radius 2 is 1.72 bits per heavy atom. The maximum absolute atomic E-state index is 12.4. The van der Waals surface area contributed by atoms with E-state index in [1.165, 1.54) is 0 Å². The van der Waals surface area contributed by atoms with E-state index in [4.69, 9.17) is 0 Å². The van der Waals surface area contributed by atoms with Crippen molar-refractivity contribution in [2.75, 3.05) is 23.7 Å².